The number of aromatic nitrogens is 3. The predicted molar refractivity (Wildman–Crippen MR) is 124 cm³/mol. The number of carbonyl (C=O) groups is 2. The minimum atomic E-state index is -0.0653. The third-order valence-corrected chi connectivity index (χ3v) is 6.46. The zero-order valence-electron chi connectivity index (χ0n) is 19.5. The first-order valence-corrected chi connectivity index (χ1v) is 11.5. The molecule has 1 atom stereocenters. The van der Waals surface area contributed by atoms with E-state index in [1.807, 2.05) is 49.1 Å². The molecule has 1 aromatic carbocycles. The highest BCUT2D eigenvalue weighted by molar-refractivity contribution is 5.95. The SMILES string of the molecule is Cc1noc(C)c1CCC(=O)N1CCC[C@@H](c2[nH]ncc2C(=O)N(C)Cc2ccccc2)C1. The third-order valence-electron chi connectivity index (χ3n) is 6.46. The average molecular weight is 450 g/mol. The van der Waals surface area contributed by atoms with Gasteiger partial charge in [-0.1, -0.05) is 35.5 Å². The van der Waals surface area contributed by atoms with Crippen LogP contribution in [0.5, 0.6) is 0 Å². The zero-order valence-corrected chi connectivity index (χ0v) is 19.5. The highest BCUT2D eigenvalue weighted by Crippen LogP contribution is 2.29. The molecular weight excluding hydrogens is 418 g/mol. The van der Waals surface area contributed by atoms with Gasteiger partial charge in [0, 0.05) is 44.6 Å². The number of rotatable bonds is 7. The Morgan fingerprint density at radius 1 is 1.24 bits per heavy atom. The van der Waals surface area contributed by atoms with E-state index >= 15 is 0 Å². The van der Waals surface area contributed by atoms with Crippen LogP contribution in [-0.4, -0.2) is 57.1 Å². The van der Waals surface area contributed by atoms with Crippen molar-refractivity contribution in [3.8, 4) is 0 Å². The molecule has 0 saturated carbocycles. The molecule has 0 aliphatic carbocycles. The predicted octanol–water partition coefficient (Wildman–Crippen LogP) is 3.63. The van der Waals surface area contributed by atoms with Gasteiger partial charge in [-0.05, 0) is 38.7 Å². The molecular formula is C25H31N5O3. The number of likely N-dealkylation sites (tertiary alicyclic amines) is 1. The van der Waals surface area contributed by atoms with Crippen molar-refractivity contribution in [3.63, 3.8) is 0 Å². The molecule has 3 heterocycles. The Balaban J connectivity index is 1.40. The van der Waals surface area contributed by atoms with E-state index in [2.05, 4.69) is 15.4 Å². The van der Waals surface area contributed by atoms with E-state index in [1.54, 1.807) is 18.1 Å². The molecule has 1 N–H and O–H groups in total. The summed E-state index contributed by atoms with van der Waals surface area (Å²) >= 11 is 0. The number of H-pyrrole nitrogens is 1. The lowest BCUT2D eigenvalue weighted by Gasteiger charge is -2.33. The van der Waals surface area contributed by atoms with Gasteiger partial charge in [0.2, 0.25) is 5.91 Å². The number of benzene rings is 1. The van der Waals surface area contributed by atoms with Gasteiger partial charge in [0.15, 0.2) is 0 Å². The Kier molecular flexibility index (Phi) is 6.91. The van der Waals surface area contributed by atoms with Crippen LogP contribution in [0.4, 0.5) is 0 Å². The van der Waals surface area contributed by atoms with Gasteiger partial charge in [-0.15, -0.1) is 0 Å². The molecule has 0 unspecified atom stereocenters. The number of piperidine rings is 1. The van der Waals surface area contributed by atoms with Crippen LogP contribution in [0.1, 0.15) is 63.8 Å². The largest absolute Gasteiger partial charge is 0.361 e. The summed E-state index contributed by atoms with van der Waals surface area (Å²) in [6.45, 7) is 5.63. The summed E-state index contributed by atoms with van der Waals surface area (Å²) in [6, 6.07) is 9.91. The lowest BCUT2D eigenvalue weighted by molar-refractivity contribution is -0.132. The molecule has 33 heavy (non-hydrogen) atoms. The molecule has 0 spiro atoms. The maximum Gasteiger partial charge on any atom is 0.257 e. The fourth-order valence-corrected chi connectivity index (χ4v) is 4.60. The van der Waals surface area contributed by atoms with E-state index < -0.39 is 0 Å². The van der Waals surface area contributed by atoms with E-state index in [1.165, 1.54) is 0 Å². The third kappa shape index (κ3) is 5.16. The van der Waals surface area contributed by atoms with Crippen molar-refractivity contribution in [3.05, 3.63) is 70.4 Å². The van der Waals surface area contributed by atoms with Crippen molar-refractivity contribution >= 4 is 11.8 Å². The number of hydrogen-bond acceptors (Lipinski definition) is 5. The first kappa shape index (κ1) is 22.8. The Labute approximate surface area is 193 Å². The molecule has 1 fully saturated rings. The first-order chi connectivity index (χ1) is 15.9. The second kappa shape index (κ2) is 10.0. The van der Waals surface area contributed by atoms with Gasteiger partial charge in [-0.3, -0.25) is 14.7 Å². The number of aryl methyl sites for hydroxylation is 2. The first-order valence-electron chi connectivity index (χ1n) is 11.5. The van der Waals surface area contributed by atoms with E-state index in [0.717, 1.165) is 47.7 Å². The maximum atomic E-state index is 13.2. The number of amides is 2. The topological polar surface area (TPSA) is 95.3 Å². The van der Waals surface area contributed by atoms with Crippen LogP contribution in [0.15, 0.2) is 41.1 Å². The lowest BCUT2D eigenvalue weighted by Crippen LogP contribution is -2.40. The van der Waals surface area contributed by atoms with Crippen molar-refractivity contribution < 1.29 is 14.1 Å². The second-order valence-electron chi connectivity index (χ2n) is 8.83. The van der Waals surface area contributed by atoms with Crippen LogP contribution in [-0.2, 0) is 17.8 Å². The van der Waals surface area contributed by atoms with Crippen LogP contribution in [0.25, 0.3) is 0 Å². The molecule has 1 saturated heterocycles. The minimum Gasteiger partial charge on any atom is -0.361 e. The molecule has 3 aromatic rings. The highest BCUT2D eigenvalue weighted by atomic mass is 16.5. The summed E-state index contributed by atoms with van der Waals surface area (Å²) in [5.41, 5.74) is 4.34. The number of aromatic amines is 1. The lowest BCUT2D eigenvalue weighted by atomic mass is 9.92. The molecule has 8 nitrogen and oxygen atoms in total. The second-order valence-corrected chi connectivity index (χ2v) is 8.83. The number of hydrogen-bond donors (Lipinski definition) is 1. The number of carbonyl (C=O) groups excluding carboxylic acids is 2. The van der Waals surface area contributed by atoms with Gasteiger partial charge < -0.3 is 14.3 Å². The fourth-order valence-electron chi connectivity index (χ4n) is 4.60. The molecule has 1 aliphatic rings. The minimum absolute atomic E-state index is 0.0633. The van der Waals surface area contributed by atoms with Crippen LogP contribution < -0.4 is 0 Å². The Morgan fingerprint density at radius 3 is 2.76 bits per heavy atom. The highest BCUT2D eigenvalue weighted by Gasteiger charge is 2.30. The van der Waals surface area contributed by atoms with Gasteiger partial charge in [0.05, 0.1) is 23.1 Å². The van der Waals surface area contributed by atoms with Gasteiger partial charge in [0.1, 0.15) is 5.76 Å². The number of nitrogens with zero attached hydrogens (tertiary/aromatic N) is 4. The van der Waals surface area contributed by atoms with Crippen LogP contribution in [0.2, 0.25) is 0 Å². The molecule has 2 amide bonds. The van der Waals surface area contributed by atoms with Crippen molar-refractivity contribution in [1.82, 2.24) is 25.2 Å². The summed E-state index contributed by atoms with van der Waals surface area (Å²) < 4.78 is 5.21. The van der Waals surface area contributed by atoms with E-state index in [9.17, 15) is 9.59 Å². The summed E-state index contributed by atoms with van der Waals surface area (Å²) in [5.74, 6) is 0.892. The molecule has 174 valence electrons. The normalized spacial score (nSPS) is 16.1. The van der Waals surface area contributed by atoms with E-state index in [-0.39, 0.29) is 17.7 Å². The maximum absolute atomic E-state index is 13.2. The summed E-state index contributed by atoms with van der Waals surface area (Å²) in [7, 11) is 1.80. The van der Waals surface area contributed by atoms with Crippen LogP contribution in [0, 0.1) is 13.8 Å². The molecule has 4 rings (SSSR count). The average Bonchev–Trinajstić information content (AvgIpc) is 3.44. The smallest absolute Gasteiger partial charge is 0.257 e. The summed E-state index contributed by atoms with van der Waals surface area (Å²) in [6.07, 6.45) is 4.47. The molecule has 8 heteroatoms. The molecule has 0 bridgehead atoms. The summed E-state index contributed by atoms with van der Waals surface area (Å²) in [4.78, 5) is 29.7. The zero-order chi connectivity index (χ0) is 23.4. The standard InChI is InChI=1S/C25H31N5O3/c1-17-21(18(2)33-28-17)11-12-23(31)30-13-7-10-20(16-30)24-22(14-26-27-24)25(32)29(3)15-19-8-5-4-6-9-19/h4-6,8-9,14,20H,7,10-13,15-16H2,1-3H3,(H,26,27)/t20-/m1/s1. The van der Waals surface area contributed by atoms with Crippen molar-refractivity contribution in [2.24, 2.45) is 0 Å². The van der Waals surface area contributed by atoms with E-state index in [0.29, 0.717) is 31.5 Å². The van der Waals surface area contributed by atoms with Gasteiger partial charge in [-0.2, -0.15) is 5.10 Å². The molecule has 0 radical (unpaired) electrons. The van der Waals surface area contributed by atoms with Crippen molar-refractivity contribution in [1.29, 1.82) is 0 Å². The number of nitrogens with one attached hydrogen (secondary N) is 1. The van der Waals surface area contributed by atoms with Gasteiger partial charge in [0.25, 0.3) is 5.91 Å². The van der Waals surface area contributed by atoms with Crippen LogP contribution in [0.3, 0.4) is 0 Å². The summed E-state index contributed by atoms with van der Waals surface area (Å²) in [5, 5.41) is 11.2. The monoisotopic (exact) mass is 449 g/mol. The Morgan fingerprint density at radius 2 is 2.03 bits per heavy atom. The Hall–Kier alpha value is -3.42. The van der Waals surface area contributed by atoms with Crippen molar-refractivity contribution in [2.75, 3.05) is 20.1 Å². The fraction of sp³-hybridized carbons (Fsp3) is 0.440. The molecule has 2 aromatic heterocycles. The Bertz CT molecular complexity index is 1080. The van der Waals surface area contributed by atoms with Crippen LogP contribution >= 0.6 is 0 Å². The van der Waals surface area contributed by atoms with Gasteiger partial charge >= 0.3 is 0 Å². The van der Waals surface area contributed by atoms with Crippen molar-refractivity contribution in [2.45, 2.75) is 52.0 Å². The molecule has 1 aliphatic heterocycles. The quantitative estimate of drug-likeness (QED) is 0.594. The van der Waals surface area contributed by atoms with E-state index in [4.69, 9.17) is 4.52 Å². The van der Waals surface area contributed by atoms with Gasteiger partial charge in [-0.25, -0.2) is 0 Å².